The maximum atomic E-state index is 12.0. The Labute approximate surface area is 146 Å². The van der Waals surface area contributed by atoms with E-state index in [2.05, 4.69) is 5.32 Å². The molecule has 1 amide bonds. The Morgan fingerprint density at radius 1 is 1.12 bits per heavy atom. The molecule has 0 saturated heterocycles. The molecule has 0 unspecified atom stereocenters. The number of anilines is 1. The number of hydrogen-bond donors (Lipinski definition) is 1. The van der Waals surface area contributed by atoms with Gasteiger partial charge < -0.3 is 10.1 Å². The molecule has 0 saturated carbocycles. The monoisotopic (exact) mass is 365 g/mol. The Kier molecular flexibility index (Phi) is 6.28. The molecule has 0 radical (unpaired) electrons. The Bertz CT molecular complexity index is 802. The maximum Gasteiger partial charge on any atom is 0.225 e. The van der Waals surface area contributed by atoms with Gasteiger partial charge in [-0.2, -0.15) is 0 Å². The zero-order valence-corrected chi connectivity index (χ0v) is 15.1. The summed E-state index contributed by atoms with van der Waals surface area (Å²) >= 11 is 1.55. The van der Waals surface area contributed by atoms with E-state index in [1.807, 2.05) is 24.3 Å². The largest absolute Gasteiger partial charge is 0.497 e. The first-order valence-corrected chi connectivity index (χ1v) is 10.1. The van der Waals surface area contributed by atoms with Crippen LogP contribution in [0.4, 0.5) is 5.69 Å². The van der Waals surface area contributed by atoms with Crippen molar-refractivity contribution < 1.29 is 17.9 Å². The molecule has 2 rings (SSSR count). The highest BCUT2D eigenvalue weighted by Gasteiger charge is 2.14. The number of benzene rings is 2. The summed E-state index contributed by atoms with van der Waals surface area (Å²) in [6.45, 7) is 0. The van der Waals surface area contributed by atoms with Crippen molar-refractivity contribution in [1.29, 1.82) is 0 Å². The Morgan fingerprint density at radius 3 is 2.42 bits per heavy atom. The van der Waals surface area contributed by atoms with Gasteiger partial charge in [0.15, 0.2) is 9.84 Å². The molecule has 128 valence electrons. The van der Waals surface area contributed by atoms with Crippen LogP contribution >= 0.6 is 11.8 Å². The number of sulfone groups is 1. The lowest BCUT2D eigenvalue weighted by Crippen LogP contribution is -2.14. The molecule has 0 aliphatic heterocycles. The van der Waals surface area contributed by atoms with Gasteiger partial charge in [0, 0.05) is 23.3 Å². The highest BCUT2D eigenvalue weighted by molar-refractivity contribution is 7.99. The van der Waals surface area contributed by atoms with Gasteiger partial charge in [-0.3, -0.25) is 4.79 Å². The number of ether oxygens (including phenoxy) is 1. The van der Waals surface area contributed by atoms with Gasteiger partial charge in [0.25, 0.3) is 0 Å². The molecule has 0 aliphatic carbocycles. The molecule has 1 N–H and O–H groups in total. The molecule has 5 nitrogen and oxygen atoms in total. The fraction of sp³-hybridized carbons (Fsp3) is 0.235. The lowest BCUT2D eigenvalue weighted by molar-refractivity contribution is -0.115. The van der Waals surface area contributed by atoms with Crippen LogP contribution in [0, 0.1) is 0 Å². The van der Waals surface area contributed by atoms with Crippen LogP contribution in [-0.4, -0.2) is 33.4 Å². The molecule has 0 spiro atoms. The van der Waals surface area contributed by atoms with E-state index in [0.717, 1.165) is 16.9 Å². The standard InChI is InChI=1S/C17H19NO4S2/c1-22-13-7-9-14(10-8-13)23-12-11-17(19)18-15-5-3-4-6-16(15)24(2,20)21/h3-10H,11-12H2,1-2H3,(H,18,19). The van der Waals surface area contributed by atoms with Crippen LogP contribution in [0.2, 0.25) is 0 Å². The van der Waals surface area contributed by atoms with E-state index in [0.29, 0.717) is 11.4 Å². The topological polar surface area (TPSA) is 72.5 Å². The van der Waals surface area contributed by atoms with E-state index in [9.17, 15) is 13.2 Å². The summed E-state index contributed by atoms with van der Waals surface area (Å²) in [6.07, 6.45) is 1.41. The van der Waals surface area contributed by atoms with Crippen molar-refractivity contribution in [2.24, 2.45) is 0 Å². The van der Waals surface area contributed by atoms with Gasteiger partial charge in [0.1, 0.15) is 5.75 Å². The first-order valence-electron chi connectivity index (χ1n) is 7.26. The number of rotatable bonds is 7. The van der Waals surface area contributed by atoms with Crippen molar-refractivity contribution in [2.75, 3.05) is 24.4 Å². The van der Waals surface area contributed by atoms with Crippen LogP contribution in [-0.2, 0) is 14.6 Å². The van der Waals surface area contributed by atoms with Gasteiger partial charge >= 0.3 is 0 Å². The zero-order valence-electron chi connectivity index (χ0n) is 13.5. The van der Waals surface area contributed by atoms with Gasteiger partial charge in [-0.05, 0) is 36.4 Å². The SMILES string of the molecule is COc1ccc(SCCC(=O)Nc2ccccc2S(C)(=O)=O)cc1. The smallest absolute Gasteiger partial charge is 0.225 e. The summed E-state index contributed by atoms with van der Waals surface area (Å²) in [6, 6.07) is 14.0. The third-order valence-electron chi connectivity index (χ3n) is 3.22. The fourth-order valence-electron chi connectivity index (χ4n) is 2.04. The number of nitrogens with one attached hydrogen (secondary N) is 1. The maximum absolute atomic E-state index is 12.0. The molecule has 0 fully saturated rings. The molecule has 2 aromatic carbocycles. The van der Waals surface area contributed by atoms with Crippen LogP contribution in [0.5, 0.6) is 5.75 Å². The summed E-state index contributed by atoms with van der Waals surface area (Å²) in [5.41, 5.74) is 0.319. The van der Waals surface area contributed by atoms with Crippen molar-refractivity contribution in [2.45, 2.75) is 16.2 Å². The van der Waals surface area contributed by atoms with E-state index in [-0.39, 0.29) is 17.2 Å². The van der Waals surface area contributed by atoms with Crippen LogP contribution in [0.25, 0.3) is 0 Å². The lowest BCUT2D eigenvalue weighted by Gasteiger charge is -2.09. The number of carbonyl (C=O) groups is 1. The second kappa shape index (κ2) is 8.21. The number of methoxy groups -OCH3 is 1. The molecule has 0 aliphatic rings. The molecule has 7 heteroatoms. The van der Waals surface area contributed by atoms with Gasteiger partial charge in [0.05, 0.1) is 17.7 Å². The molecule has 0 atom stereocenters. The Morgan fingerprint density at radius 2 is 1.79 bits per heavy atom. The first-order chi connectivity index (χ1) is 11.4. The first kappa shape index (κ1) is 18.4. The number of para-hydroxylation sites is 1. The molecule has 0 aromatic heterocycles. The molecule has 24 heavy (non-hydrogen) atoms. The second-order valence-corrected chi connectivity index (χ2v) is 8.24. The van der Waals surface area contributed by atoms with Crippen molar-refractivity contribution in [1.82, 2.24) is 0 Å². The number of carbonyl (C=O) groups excluding carboxylic acids is 1. The van der Waals surface area contributed by atoms with E-state index in [1.165, 1.54) is 6.07 Å². The van der Waals surface area contributed by atoms with E-state index in [1.54, 1.807) is 37.1 Å². The molecule has 2 aromatic rings. The zero-order chi connectivity index (χ0) is 17.6. The minimum absolute atomic E-state index is 0.126. The number of amides is 1. The van der Waals surface area contributed by atoms with Gasteiger partial charge in [-0.1, -0.05) is 12.1 Å². The number of hydrogen-bond acceptors (Lipinski definition) is 5. The quantitative estimate of drug-likeness (QED) is 0.763. The third-order valence-corrected chi connectivity index (χ3v) is 5.39. The minimum Gasteiger partial charge on any atom is -0.497 e. The molecular weight excluding hydrogens is 346 g/mol. The number of thioether (sulfide) groups is 1. The normalized spacial score (nSPS) is 11.1. The average Bonchev–Trinajstić information content (AvgIpc) is 2.55. The lowest BCUT2D eigenvalue weighted by atomic mass is 10.3. The molecular formula is C17H19NO4S2. The Balaban J connectivity index is 1.90. The van der Waals surface area contributed by atoms with Crippen LogP contribution in [0.3, 0.4) is 0 Å². The predicted molar refractivity (Wildman–Crippen MR) is 96.5 cm³/mol. The summed E-state index contributed by atoms with van der Waals surface area (Å²) in [7, 11) is -1.77. The van der Waals surface area contributed by atoms with Gasteiger partial charge in [-0.25, -0.2) is 8.42 Å². The average molecular weight is 365 g/mol. The fourth-order valence-corrected chi connectivity index (χ4v) is 3.74. The van der Waals surface area contributed by atoms with Crippen LogP contribution in [0.15, 0.2) is 58.3 Å². The summed E-state index contributed by atoms with van der Waals surface area (Å²) in [5, 5.41) is 2.67. The third kappa shape index (κ3) is 5.28. The predicted octanol–water partition coefficient (Wildman–Crippen LogP) is 3.22. The highest BCUT2D eigenvalue weighted by atomic mass is 32.2. The van der Waals surface area contributed by atoms with E-state index >= 15 is 0 Å². The minimum atomic E-state index is -3.38. The second-order valence-electron chi connectivity index (χ2n) is 5.09. The van der Waals surface area contributed by atoms with Crippen molar-refractivity contribution in [3.05, 3.63) is 48.5 Å². The summed E-state index contributed by atoms with van der Waals surface area (Å²) < 4.78 is 28.5. The highest BCUT2D eigenvalue weighted by Crippen LogP contribution is 2.23. The van der Waals surface area contributed by atoms with Crippen molar-refractivity contribution in [3.8, 4) is 5.75 Å². The van der Waals surface area contributed by atoms with E-state index < -0.39 is 9.84 Å². The van der Waals surface area contributed by atoms with Crippen molar-refractivity contribution >= 4 is 33.2 Å². The van der Waals surface area contributed by atoms with Crippen LogP contribution in [0.1, 0.15) is 6.42 Å². The van der Waals surface area contributed by atoms with Gasteiger partial charge in [-0.15, -0.1) is 11.8 Å². The van der Waals surface area contributed by atoms with E-state index in [4.69, 9.17) is 4.74 Å². The van der Waals surface area contributed by atoms with Gasteiger partial charge in [0.2, 0.25) is 5.91 Å². The van der Waals surface area contributed by atoms with Crippen molar-refractivity contribution in [3.63, 3.8) is 0 Å². The summed E-state index contributed by atoms with van der Waals surface area (Å²) in [4.78, 5) is 13.2. The van der Waals surface area contributed by atoms with Crippen LogP contribution < -0.4 is 10.1 Å². The summed E-state index contributed by atoms with van der Waals surface area (Å²) in [5.74, 6) is 1.17. The molecule has 0 bridgehead atoms. The molecule has 0 heterocycles. The Hall–Kier alpha value is -1.99.